The van der Waals surface area contributed by atoms with E-state index in [1.807, 2.05) is 121 Å². The van der Waals surface area contributed by atoms with Crippen molar-refractivity contribution in [2.75, 3.05) is 0 Å². The van der Waals surface area contributed by atoms with Crippen molar-refractivity contribution in [1.82, 2.24) is 9.97 Å². The Kier molecular flexibility index (Phi) is 6.59. The Labute approximate surface area is 233 Å². The number of nitrogens with one attached hydrogen (secondary N) is 2. The van der Waals surface area contributed by atoms with Gasteiger partial charge < -0.3 is 9.97 Å². The van der Waals surface area contributed by atoms with Crippen LogP contribution in [0.1, 0.15) is 34.6 Å². The highest BCUT2D eigenvalue weighted by atomic mass is 16.1. The van der Waals surface area contributed by atoms with Crippen molar-refractivity contribution in [2.24, 2.45) is 0 Å². The van der Waals surface area contributed by atoms with Gasteiger partial charge in [-0.15, -0.1) is 0 Å². The molecular formula is C36H28N2O2. The summed E-state index contributed by atoms with van der Waals surface area (Å²) in [6, 6.07) is 39.7. The standard InChI is InChI=1S/C36H28N2O2/c1-23(39)29-31(25-15-7-3-8-16-25)36(38-33(29)26-17-9-4-10-18-26)32-30(24(2)40)34(27-19-11-5-12-20-27)37-35(32)28-21-13-6-14-22-28/h3-22,37-38H,1-2H3. The summed E-state index contributed by atoms with van der Waals surface area (Å²) in [6.07, 6.45) is 0. The van der Waals surface area contributed by atoms with E-state index in [1.54, 1.807) is 13.8 Å². The zero-order chi connectivity index (χ0) is 27.6. The summed E-state index contributed by atoms with van der Waals surface area (Å²) in [5.74, 6) is -0.115. The highest BCUT2D eigenvalue weighted by Crippen LogP contribution is 2.47. The first kappa shape index (κ1) is 25.1. The molecule has 6 rings (SSSR count). The van der Waals surface area contributed by atoms with Crippen molar-refractivity contribution in [3.63, 3.8) is 0 Å². The molecule has 0 fully saturated rings. The SMILES string of the molecule is CC(=O)c1c(-c2ccccc2)[nH]c(-c2c(-c3ccccc3)[nH]c(-c3ccccc3)c2C(C)=O)c1-c1ccccc1. The van der Waals surface area contributed by atoms with Crippen LogP contribution in [0.25, 0.3) is 56.2 Å². The minimum absolute atomic E-state index is 0.0512. The minimum atomic E-state index is -0.0634. The largest absolute Gasteiger partial charge is 0.353 e. The lowest BCUT2D eigenvalue weighted by molar-refractivity contribution is 0.101. The van der Waals surface area contributed by atoms with Crippen LogP contribution in [0.15, 0.2) is 121 Å². The van der Waals surface area contributed by atoms with Crippen LogP contribution >= 0.6 is 0 Å². The number of hydrogen-bond acceptors (Lipinski definition) is 2. The zero-order valence-electron chi connectivity index (χ0n) is 22.4. The third-order valence-corrected chi connectivity index (χ3v) is 7.20. The van der Waals surface area contributed by atoms with Gasteiger partial charge in [-0.2, -0.15) is 0 Å². The highest BCUT2D eigenvalue weighted by molar-refractivity contribution is 6.15. The van der Waals surface area contributed by atoms with Crippen molar-refractivity contribution in [3.8, 4) is 56.2 Å². The van der Waals surface area contributed by atoms with Gasteiger partial charge in [0.2, 0.25) is 0 Å². The van der Waals surface area contributed by atoms with Gasteiger partial charge in [-0.3, -0.25) is 9.59 Å². The summed E-state index contributed by atoms with van der Waals surface area (Å²) in [6.45, 7) is 3.20. The summed E-state index contributed by atoms with van der Waals surface area (Å²) < 4.78 is 0. The molecule has 0 saturated heterocycles. The van der Waals surface area contributed by atoms with E-state index in [4.69, 9.17) is 0 Å². The number of Topliss-reactive ketones (excluding diaryl/α,β-unsaturated/α-hetero) is 2. The fourth-order valence-corrected chi connectivity index (χ4v) is 5.50. The maximum Gasteiger partial charge on any atom is 0.162 e. The molecular weight excluding hydrogens is 492 g/mol. The van der Waals surface area contributed by atoms with Crippen LogP contribution in [0.5, 0.6) is 0 Å². The molecule has 194 valence electrons. The lowest BCUT2D eigenvalue weighted by Crippen LogP contribution is -1.98. The van der Waals surface area contributed by atoms with Crippen molar-refractivity contribution < 1.29 is 9.59 Å². The van der Waals surface area contributed by atoms with Crippen molar-refractivity contribution in [2.45, 2.75) is 13.8 Å². The number of ketones is 2. The number of carbonyl (C=O) groups is 2. The van der Waals surface area contributed by atoms with E-state index in [9.17, 15) is 9.59 Å². The molecule has 0 aliphatic carbocycles. The molecule has 4 nitrogen and oxygen atoms in total. The van der Waals surface area contributed by atoms with Gasteiger partial charge in [-0.25, -0.2) is 0 Å². The van der Waals surface area contributed by atoms with Crippen LogP contribution in [-0.4, -0.2) is 21.5 Å². The van der Waals surface area contributed by atoms with Gasteiger partial charge in [0.25, 0.3) is 0 Å². The van der Waals surface area contributed by atoms with Crippen molar-refractivity contribution in [3.05, 3.63) is 132 Å². The van der Waals surface area contributed by atoms with E-state index < -0.39 is 0 Å². The topological polar surface area (TPSA) is 65.7 Å². The van der Waals surface area contributed by atoms with Gasteiger partial charge in [0.05, 0.1) is 33.9 Å². The average Bonchev–Trinajstić information content (AvgIpc) is 3.59. The Morgan fingerprint density at radius 1 is 0.400 bits per heavy atom. The normalized spacial score (nSPS) is 10.9. The summed E-state index contributed by atoms with van der Waals surface area (Å²) in [7, 11) is 0. The molecule has 0 atom stereocenters. The molecule has 6 aromatic rings. The first-order chi connectivity index (χ1) is 19.5. The predicted molar refractivity (Wildman–Crippen MR) is 162 cm³/mol. The molecule has 2 aromatic heterocycles. The number of hydrogen-bond donors (Lipinski definition) is 2. The number of benzene rings is 4. The lowest BCUT2D eigenvalue weighted by Gasteiger charge is -2.11. The number of aromatic amines is 2. The second-order valence-electron chi connectivity index (χ2n) is 9.83. The molecule has 2 heterocycles. The number of carbonyl (C=O) groups excluding carboxylic acids is 2. The lowest BCUT2D eigenvalue weighted by atomic mass is 9.90. The van der Waals surface area contributed by atoms with Gasteiger partial charge in [0, 0.05) is 11.1 Å². The number of H-pyrrole nitrogens is 2. The maximum absolute atomic E-state index is 13.5. The van der Waals surface area contributed by atoms with Gasteiger partial charge in [0.15, 0.2) is 11.6 Å². The van der Waals surface area contributed by atoms with E-state index in [0.717, 1.165) is 56.2 Å². The van der Waals surface area contributed by atoms with Gasteiger partial charge in [-0.05, 0) is 36.1 Å². The average molecular weight is 521 g/mol. The molecule has 4 aromatic carbocycles. The van der Waals surface area contributed by atoms with Crippen molar-refractivity contribution >= 4 is 11.6 Å². The molecule has 0 bridgehead atoms. The Morgan fingerprint density at radius 3 is 1.12 bits per heavy atom. The second kappa shape index (κ2) is 10.5. The van der Waals surface area contributed by atoms with Crippen LogP contribution in [0.2, 0.25) is 0 Å². The quantitative estimate of drug-likeness (QED) is 0.206. The molecule has 40 heavy (non-hydrogen) atoms. The Morgan fingerprint density at radius 2 is 0.725 bits per heavy atom. The molecule has 0 unspecified atom stereocenters. The smallest absolute Gasteiger partial charge is 0.162 e. The minimum Gasteiger partial charge on any atom is -0.353 e. The van der Waals surface area contributed by atoms with Crippen LogP contribution in [-0.2, 0) is 0 Å². The summed E-state index contributed by atoms with van der Waals surface area (Å²) in [5.41, 5.74) is 9.42. The van der Waals surface area contributed by atoms with Gasteiger partial charge in [0.1, 0.15) is 0 Å². The Bertz CT molecular complexity index is 1810. The molecule has 2 N–H and O–H groups in total. The Hall–Kier alpha value is -5.22. The summed E-state index contributed by atoms with van der Waals surface area (Å²) >= 11 is 0. The molecule has 0 saturated carbocycles. The number of aromatic nitrogens is 2. The molecule has 0 radical (unpaired) electrons. The van der Waals surface area contributed by atoms with E-state index in [1.165, 1.54) is 0 Å². The van der Waals surface area contributed by atoms with Crippen LogP contribution in [0, 0.1) is 0 Å². The molecule has 0 amide bonds. The summed E-state index contributed by atoms with van der Waals surface area (Å²) in [5, 5.41) is 0. The van der Waals surface area contributed by atoms with Crippen LogP contribution in [0.4, 0.5) is 0 Å². The third kappa shape index (κ3) is 4.40. The maximum atomic E-state index is 13.5. The first-order valence-corrected chi connectivity index (χ1v) is 13.3. The highest BCUT2D eigenvalue weighted by Gasteiger charge is 2.31. The first-order valence-electron chi connectivity index (χ1n) is 13.3. The van der Waals surface area contributed by atoms with E-state index >= 15 is 0 Å². The van der Waals surface area contributed by atoms with Crippen molar-refractivity contribution in [1.29, 1.82) is 0 Å². The second-order valence-corrected chi connectivity index (χ2v) is 9.83. The number of rotatable bonds is 7. The molecule has 4 heteroatoms. The predicted octanol–water partition coefficient (Wildman–Crippen LogP) is 9.08. The van der Waals surface area contributed by atoms with E-state index in [-0.39, 0.29) is 11.6 Å². The van der Waals surface area contributed by atoms with Gasteiger partial charge >= 0.3 is 0 Å². The molecule has 0 aliphatic heterocycles. The molecule has 0 aliphatic rings. The fourth-order valence-electron chi connectivity index (χ4n) is 5.50. The van der Waals surface area contributed by atoms with E-state index in [0.29, 0.717) is 11.1 Å². The Balaban J connectivity index is 1.78. The van der Waals surface area contributed by atoms with Crippen LogP contribution < -0.4 is 0 Å². The summed E-state index contributed by atoms with van der Waals surface area (Å²) in [4.78, 5) is 34.2. The molecule has 0 spiro atoms. The zero-order valence-corrected chi connectivity index (χ0v) is 22.4. The van der Waals surface area contributed by atoms with E-state index in [2.05, 4.69) is 9.97 Å². The third-order valence-electron chi connectivity index (χ3n) is 7.20. The monoisotopic (exact) mass is 520 g/mol. The van der Waals surface area contributed by atoms with Gasteiger partial charge in [-0.1, -0.05) is 121 Å². The fraction of sp³-hybridized carbons (Fsp3) is 0.0556. The van der Waals surface area contributed by atoms with Crippen LogP contribution in [0.3, 0.4) is 0 Å².